The van der Waals surface area contributed by atoms with Crippen LogP contribution in [-0.4, -0.2) is 28.6 Å². The van der Waals surface area contributed by atoms with Crippen LogP contribution < -0.4 is 10.5 Å². The predicted molar refractivity (Wildman–Crippen MR) is 141 cm³/mol. The monoisotopic (exact) mass is 514 g/mol. The van der Waals surface area contributed by atoms with Crippen LogP contribution in [0.4, 0.5) is 0 Å². The Kier molecular flexibility index (Phi) is 8.89. The van der Waals surface area contributed by atoms with Gasteiger partial charge in [-0.15, -0.1) is 0 Å². The molecule has 1 unspecified atom stereocenters. The van der Waals surface area contributed by atoms with E-state index in [2.05, 4.69) is 4.98 Å². The Morgan fingerprint density at radius 3 is 2.42 bits per heavy atom. The van der Waals surface area contributed by atoms with Gasteiger partial charge in [-0.2, -0.15) is 0 Å². The second-order valence-electron chi connectivity index (χ2n) is 8.81. The number of aliphatic carboxylic acids is 1. The van der Waals surface area contributed by atoms with Gasteiger partial charge in [0.25, 0.3) is 0 Å². The molecule has 0 fully saturated rings. The highest BCUT2D eigenvalue weighted by atomic mass is 16.5. The number of ether oxygens (including phenoxy) is 2. The topological polar surface area (TPSA) is 125 Å². The lowest BCUT2D eigenvalue weighted by Gasteiger charge is -2.17. The number of hydrogen-bond acceptors (Lipinski definition) is 7. The number of rotatable bonds is 12. The van der Waals surface area contributed by atoms with Crippen LogP contribution in [0.2, 0.25) is 0 Å². The van der Waals surface area contributed by atoms with Crippen molar-refractivity contribution in [2.24, 2.45) is 5.73 Å². The molecule has 1 atom stereocenters. The number of aryl methyl sites for hydroxylation is 2. The molecule has 0 saturated carbocycles. The molecule has 8 heteroatoms. The van der Waals surface area contributed by atoms with Gasteiger partial charge in [-0.3, -0.25) is 4.79 Å². The highest BCUT2D eigenvalue weighted by Crippen LogP contribution is 2.26. The number of nitrogens with two attached hydrogens (primary N) is 1. The molecule has 196 valence electrons. The van der Waals surface area contributed by atoms with Crippen molar-refractivity contribution in [3.8, 4) is 17.2 Å². The van der Waals surface area contributed by atoms with E-state index in [1.807, 2.05) is 67.6 Å². The Bertz CT molecular complexity index is 1370. The summed E-state index contributed by atoms with van der Waals surface area (Å²) in [4.78, 5) is 28.5. The minimum atomic E-state index is -1.09. The summed E-state index contributed by atoms with van der Waals surface area (Å²) in [5.74, 6) is 0.252. The van der Waals surface area contributed by atoms with Crippen molar-refractivity contribution in [3.05, 3.63) is 107 Å². The van der Waals surface area contributed by atoms with Crippen LogP contribution in [0.3, 0.4) is 0 Å². The van der Waals surface area contributed by atoms with Crippen LogP contribution in [0.5, 0.6) is 5.75 Å². The molecule has 8 nitrogen and oxygen atoms in total. The van der Waals surface area contributed by atoms with Gasteiger partial charge in [0.05, 0.1) is 12.3 Å². The van der Waals surface area contributed by atoms with Gasteiger partial charge in [-0.25, -0.2) is 9.78 Å². The maximum Gasteiger partial charge on any atom is 0.327 e. The molecule has 1 heterocycles. The molecule has 0 saturated heterocycles. The zero-order valence-electron chi connectivity index (χ0n) is 21.1. The average Bonchev–Trinajstić information content (AvgIpc) is 3.31. The summed E-state index contributed by atoms with van der Waals surface area (Å²) in [5, 5.41) is 9.14. The van der Waals surface area contributed by atoms with Gasteiger partial charge in [0, 0.05) is 18.4 Å². The van der Waals surface area contributed by atoms with Gasteiger partial charge in [-0.05, 0) is 54.3 Å². The van der Waals surface area contributed by atoms with E-state index in [0.717, 1.165) is 22.6 Å². The van der Waals surface area contributed by atoms with Crippen molar-refractivity contribution >= 4 is 11.9 Å². The van der Waals surface area contributed by atoms with E-state index in [1.54, 1.807) is 18.2 Å². The lowest BCUT2D eigenvalue weighted by Crippen LogP contribution is -2.25. The summed E-state index contributed by atoms with van der Waals surface area (Å²) in [5.41, 5.74) is 9.95. The fourth-order valence-electron chi connectivity index (χ4n) is 4.00. The van der Waals surface area contributed by atoms with E-state index < -0.39 is 18.0 Å². The molecule has 0 aliphatic rings. The van der Waals surface area contributed by atoms with Crippen LogP contribution in [0.15, 0.2) is 83.3 Å². The number of nitrogens with zero attached hydrogens (tertiary/aromatic N) is 1. The van der Waals surface area contributed by atoms with E-state index in [9.17, 15) is 9.59 Å². The molecule has 0 aliphatic heterocycles. The summed E-state index contributed by atoms with van der Waals surface area (Å²) in [6.45, 7) is 2.28. The molecule has 0 spiro atoms. The number of aromatic nitrogens is 1. The Labute approximate surface area is 221 Å². The number of oxazole rings is 1. The van der Waals surface area contributed by atoms with Crippen molar-refractivity contribution in [2.75, 3.05) is 6.61 Å². The Morgan fingerprint density at radius 2 is 1.71 bits per heavy atom. The van der Waals surface area contributed by atoms with E-state index in [4.69, 9.17) is 24.7 Å². The highest BCUT2D eigenvalue weighted by Gasteiger charge is 2.22. The lowest BCUT2D eigenvalue weighted by molar-refractivity contribution is -0.146. The highest BCUT2D eigenvalue weighted by molar-refractivity contribution is 5.78. The SMILES string of the molecule is Cc1oc(-c2ccccc2)nc1CCOc1ccc(CCC(=O)O)c(C(N)C(=O)OCc2ccccc2)c1. The molecule has 1 aromatic heterocycles. The Hall–Kier alpha value is -4.43. The second kappa shape index (κ2) is 12.7. The molecule has 3 N–H and O–H groups in total. The van der Waals surface area contributed by atoms with Gasteiger partial charge >= 0.3 is 11.9 Å². The van der Waals surface area contributed by atoms with E-state index >= 15 is 0 Å². The number of carboxylic acids is 1. The summed E-state index contributed by atoms with van der Waals surface area (Å²) in [7, 11) is 0. The molecular weight excluding hydrogens is 484 g/mol. The number of carboxylic acid groups (broad SMARTS) is 1. The first kappa shape index (κ1) is 26.6. The molecule has 0 bridgehead atoms. The van der Waals surface area contributed by atoms with Crippen molar-refractivity contribution in [1.82, 2.24) is 4.98 Å². The Morgan fingerprint density at radius 1 is 1.00 bits per heavy atom. The smallest absolute Gasteiger partial charge is 0.327 e. The number of carbonyl (C=O) groups is 2. The molecule has 3 aromatic carbocycles. The zero-order chi connectivity index (χ0) is 26.9. The maximum absolute atomic E-state index is 12.8. The number of carbonyl (C=O) groups excluding carboxylic acids is 1. The van der Waals surface area contributed by atoms with Crippen LogP contribution in [0.25, 0.3) is 11.5 Å². The van der Waals surface area contributed by atoms with Crippen LogP contribution in [0, 0.1) is 6.92 Å². The average molecular weight is 515 g/mol. The van der Waals surface area contributed by atoms with Crippen molar-refractivity contribution in [2.45, 2.75) is 38.8 Å². The first-order valence-corrected chi connectivity index (χ1v) is 12.4. The largest absolute Gasteiger partial charge is 0.493 e. The third-order valence-electron chi connectivity index (χ3n) is 6.06. The number of benzene rings is 3. The van der Waals surface area contributed by atoms with Gasteiger partial charge in [0.2, 0.25) is 5.89 Å². The van der Waals surface area contributed by atoms with Crippen molar-refractivity contribution in [1.29, 1.82) is 0 Å². The Balaban J connectivity index is 1.43. The number of esters is 1. The fraction of sp³-hybridized carbons (Fsp3) is 0.233. The first-order valence-electron chi connectivity index (χ1n) is 12.4. The predicted octanol–water partition coefficient (Wildman–Crippen LogP) is 5.03. The van der Waals surface area contributed by atoms with Gasteiger partial charge in [0.1, 0.15) is 24.2 Å². The molecule has 0 aliphatic carbocycles. The van der Waals surface area contributed by atoms with Crippen molar-refractivity contribution < 1.29 is 28.6 Å². The van der Waals surface area contributed by atoms with Gasteiger partial charge < -0.3 is 24.7 Å². The van der Waals surface area contributed by atoms with E-state index in [1.165, 1.54) is 0 Å². The van der Waals surface area contributed by atoms with E-state index in [-0.39, 0.29) is 19.4 Å². The zero-order valence-corrected chi connectivity index (χ0v) is 21.1. The molecule has 0 radical (unpaired) electrons. The van der Waals surface area contributed by atoms with Crippen LogP contribution in [-0.2, 0) is 33.8 Å². The molecule has 4 rings (SSSR count). The summed E-state index contributed by atoms with van der Waals surface area (Å²) >= 11 is 0. The molecule has 38 heavy (non-hydrogen) atoms. The third kappa shape index (κ3) is 7.08. The summed E-state index contributed by atoms with van der Waals surface area (Å²) in [6.07, 6.45) is 0.655. The summed E-state index contributed by atoms with van der Waals surface area (Å²) < 4.78 is 17.2. The molecule has 0 amide bonds. The minimum absolute atomic E-state index is 0.0891. The lowest BCUT2D eigenvalue weighted by atomic mass is 9.97. The first-order chi connectivity index (χ1) is 18.4. The van der Waals surface area contributed by atoms with Crippen LogP contribution >= 0.6 is 0 Å². The third-order valence-corrected chi connectivity index (χ3v) is 6.06. The van der Waals surface area contributed by atoms with Gasteiger partial charge in [0.15, 0.2) is 0 Å². The molecule has 4 aromatic rings. The molecular formula is C30H30N2O6. The van der Waals surface area contributed by atoms with Crippen molar-refractivity contribution in [3.63, 3.8) is 0 Å². The normalized spacial score (nSPS) is 11.6. The standard InChI is InChI=1S/C30H30N2O6/c1-20-26(32-29(38-20)23-10-6-3-7-11-23)16-17-36-24-14-12-22(13-15-27(33)34)25(18-24)28(31)30(35)37-19-21-8-4-2-5-9-21/h2-12,14,18,28H,13,15-17,19,31H2,1H3,(H,33,34). The second-order valence-corrected chi connectivity index (χ2v) is 8.81. The number of hydrogen-bond donors (Lipinski definition) is 2. The minimum Gasteiger partial charge on any atom is -0.493 e. The van der Waals surface area contributed by atoms with Gasteiger partial charge in [-0.1, -0.05) is 54.6 Å². The van der Waals surface area contributed by atoms with E-state index in [0.29, 0.717) is 35.8 Å². The van der Waals surface area contributed by atoms with Crippen LogP contribution in [0.1, 0.15) is 40.6 Å². The maximum atomic E-state index is 12.8. The summed E-state index contributed by atoms with van der Waals surface area (Å²) in [6, 6.07) is 23.0. The quantitative estimate of drug-likeness (QED) is 0.252. The fourth-order valence-corrected chi connectivity index (χ4v) is 4.00.